The van der Waals surface area contributed by atoms with Crippen molar-refractivity contribution in [2.45, 2.75) is 46.0 Å². The highest BCUT2D eigenvalue weighted by atomic mass is 127. The lowest BCUT2D eigenvalue weighted by atomic mass is 10.1. The second kappa shape index (κ2) is 7.58. The maximum atomic E-state index is 2.31. The molecule has 1 heteroatoms. The zero-order chi connectivity index (χ0) is 7.82. The number of rotatable bonds is 5. The number of hydrogen-bond acceptors (Lipinski definition) is 0. The molecular weight excluding hydrogens is 235 g/mol. The lowest BCUT2D eigenvalue weighted by Gasteiger charge is -1.98. The third-order valence-electron chi connectivity index (χ3n) is 1.61. The van der Waals surface area contributed by atoms with Crippen LogP contribution in [0.3, 0.4) is 0 Å². The topological polar surface area (TPSA) is 0 Å². The molecule has 10 heavy (non-hydrogen) atoms. The summed E-state index contributed by atoms with van der Waals surface area (Å²) in [5, 5.41) is 0. The van der Waals surface area contributed by atoms with E-state index in [4.69, 9.17) is 0 Å². The molecule has 0 atom stereocenters. The van der Waals surface area contributed by atoms with Gasteiger partial charge < -0.3 is 0 Å². The summed E-state index contributed by atoms with van der Waals surface area (Å²) in [4.78, 5) is 0. The number of hydrogen-bond donors (Lipinski definition) is 0. The van der Waals surface area contributed by atoms with Crippen molar-refractivity contribution in [2.24, 2.45) is 0 Å². The van der Waals surface area contributed by atoms with Crippen LogP contribution in [0.5, 0.6) is 0 Å². The molecule has 0 spiro atoms. The number of halogens is 1. The van der Waals surface area contributed by atoms with E-state index in [0.29, 0.717) is 0 Å². The molecular formula is C9H17I. The average molecular weight is 252 g/mol. The number of allylic oxidation sites excluding steroid dienone is 1. The van der Waals surface area contributed by atoms with Crippen molar-refractivity contribution in [2.75, 3.05) is 0 Å². The fourth-order valence-corrected chi connectivity index (χ4v) is 1.20. The van der Waals surface area contributed by atoms with Gasteiger partial charge in [0, 0.05) is 0 Å². The third-order valence-corrected chi connectivity index (χ3v) is 2.67. The van der Waals surface area contributed by atoms with Gasteiger partial charge in [-0.3, -0.25) is 0 Å². The van der Waals surface area contributed by atoms with Crippen molar-refractivity contribution in [3.8, 4) is 0 Å². The van der Waals surface area contributed by atoms with Crippen LogP contribution in [-0.2, 0) is 0 Å². The van der Waals surface area contributed by atoms with Crippen LogP contribution in [0.4, 0.5) is 0 Å². The van der Waals surface area contributed by atoms with Crippen LogP contribution in [0.25, 0.3) is 0 Å². The van der Waals surface area contributed by atoms with Crippen molar-refractivity contribution < 1.29 is 0 Å². The predicted octanol–water partition coefficient (Wildman–Crippen LogP) is 4.30. The van der Waals surface area contributed by atoms with Gasteiger partial charge in [0.25, 0.3) is 0 Å². The molecule has 0 unspecified atom stereocenters. The van der Waals surface area contributed by atoms with Gasteiger partial charge in [-0.05, 0) is 23.8 Å². The molecule has 0 aliphatic heterocycles. The van der Waals surface area contributed by atoms with Crippen LogP contribution >= 0.6 is 22.6 Å². The summed E-state index contributed by atoms with van der Waals surface area (Å²) < 4.78 is 2.18. The summed E-state index contributed by atoms with van der Waals surface area (Å²) in [5.41, 5.74) is 1.52. The molecule has 0 aromatic heterocycles. The molecule has 0 aliphatic carbocycles. The van der Waals surface area contributed by atoms with Crippen LogP contribution in [0.15, 0.2) is 9.66 Å². The van der Waals surface area contributed by atoms with Crippen LogP contribution in [-0.4, -0.2) is 0 Å². The first-order valence-electron chi connectivity index (χ1n) is 4.07. The smallest absolute Gasteiger partial charge is 0.0245 e. The van der Waals surface area contributed by atoms with Crippen molar-refractivity contribution >= 4 is 22.6 Å². The van der Waals surface area contributed by atoms with E-state index in [0.717, 1.165) is 0 Å². The largest absolute Gasteiger partial charge is 0.0673 e. The molecule has 0 amide bonds. The first-order valence-corrected chi connectivity index (χ1v) is 5.31. The van der Waals surface area contributed by atoms with Crippen LogP contribution in [0.1, 0.15) is 46.0 Å². The Morgan fingerprint density at radius 3 is 2.50 bits per heavy atom. The van der Waals surface area contributed by atoms with E-state index in [1.165, 1.54) is 37.7 Å². The van der Waals surface area contributed by atoms with Gasteiger partial charge in [-0.25, -0.2) is 0 Å². The molecule has 0 aromatic rings. The van der Waals surface area contributed by atoms with Gasteiger partial charge in [0.05, 0.1) is 0 Å². The molecule has 0 rings (SSSR count). The van der Waals surface area contributed by atoms with Crippen molar-refractivity contribution in [1.29, 1.82) is 0 Å². The van der Waals surface area contributed by atoms with E-state index in [2.05, 4.69) is 40.5 Å². The van der Waals surface area contributed by atoms with E-state index in [9.17, 15) is 0 Å². The summed E-state index contributed by atoms with van der Waals surface area (Å²) >= 11 is 2.31. The first-order chi connectivity index (χ1) is 4.81. The Hall–Kier alpha value is 0.470. The Bertz CT molecular complexity index is 94.9. The first kappa shape index (κ1) is 10.5. The molecule has 0 saturated heterocycles. The summed E-state index contributed by atoms with van der Waals surface area (Å²) in [6.45, 7) is 4.46. The fraction of sp³-hybridized carbons (Fsp3) is 0.778. The van der Waals surface area contributed by atoms with E-state index < -0.39 is 0 Å². The van der Waals surface area contributed by atoms with Gasteiger partial charge in [0.15, 0.2) is 0 Å². The summed E-state index contributed by atoms with van der Waals surface area (Å²) in [5.74, 6) is 0. The highest BCUT2D eigenvalue weighted by Crippen LogP contribution is 2.10. The van der Waals surface area contributed by atoms with E-state index >= 15 is 0 Å². The average Bonchev–Trinajstić information content (AvgIpc) is 1.98. The highest BCUT2D eigenvalue weighted by molar-refractivity contribution is 14.1. The minimum absolute atomic E-state index is 1.29. The molecule has 0 aromatic carbocycles. The molecule has 0 fully saturated rings. The second-order valence-corrected chi connectivity index (χ2v) is 3.39. The number of unbranched alkanes of at least 4 members (excludes halogenated alkanes) is 3. The van der Waals surface area contributed by atoms with Gasteiger partial charge in [-0.15, -0.1) is 0 Å². The second-order valence-electron chi connectivity index (χ2n) is 2.77. The van der Waals surface area contributed by atoms with E-state index in [-0.39, 0.29) is 0 Å². The molecule has 0 heterocycles. The fourth-order valence-electron chi connectivity index (χ4n) is 0.885. The van der Waals surface area contributed by atoms with Gasteiger partial charge in [-0.2, -0.15) is 0 Å². The predicted molar refractivity (Wildman–Crippen MR) is 56.5 cm³/mol. The minimum Gasteiger partial charge on any atom is -0.0673 e. The summed E-state index contributed by atoms with van der Waals surface area (Å²) in [7, 11) is 0. The molecule has 0 aliphatic rings. The Balaban J connectivity index is 3.04. The van der Waals surface area contributed by atoms with Crippen molar-refractivity contribution in [3.63, 3.8) is 0 Å². The van der Waals surface area contributed by atoms with Gasteiger partial charge in [0.2, 0.25) is 0 Å². The third kappa shape index (κ3) is 6.59. The Labute approximate surface area is 78.2 Å². The molecule has 0 bridgehead atoms. The zero-order valence-electron chi connectivity index (χ0n) is 6.99. The molecule has 0 saturated carbocycles. The summed E-state index contributed by atoms with van der Waals surface area (Å²) in [6.07, 6.45) is 6.81. The van der Waals surface area contributed by atoms with Gasteiger partial charge in [-0.1, -0.05) is 54.4 Å². The van der Waals surface area contributed by atoms with Gasteiger partial charge in [0.1, 0.15) is 0 Å². The molecule has 0 radical (unpaired) electrons. The zero-order valence-corrected chi connectivity index (χ0v) is 9.15. The normalized spacial score (nSPS) is 12.1. The quantitative estimate of drug-likeness (QED) is 0.505. The monoisotopic (exact) mass is 252 g/mol. The van der Waals surface area contributed by atoms with Gasteiger partial charge >= 0.3 is 0 Å². The minimum atomic E-state index is 1.29. The van der Waals surface area contributed by atoms with Crippen LogP contribution in [0, 0.1) is 0 Å². The molecule has 60 valence electrons. The lowest BCUT2D eigenvalue weighted by molar-refractivity contribution is 0.665. The molecule has 0 nitrogen and oxygen atoms in total. The maximum Gasteiger partial charge on any atom is -0.0245 e. The summed E-state index contributed by atoms with van der Waals surface area (Å²) in [6, 6.07) is 0. The lowest BCUT2D eigenvalue weighted by Crippen LogP contribution is -1.77. The highest BCUT2D eigenvalue weighted by Gasteiger charge is 1.88. The van der Waals surface area contributed by atoms with Crippen molar-refractivity contribution in [3.05, 3.63) is 9.66 Å². The Morgan fingerprint density at radius 1 is 1.30 bits per heavy atom. The standard InChI is InChI=1S/C9H17I/c1-3-4-5-6-7-9(2)8-10/h8H,3-7H2,1-2H3/b9-8-. The Morgan fingerprint density at radius 2 is 2.00 bits per heavy atom. The maximum absolute atomic E-state index is 2.31. The van der Waals surface area contributed by atoms with Crippen LogP contribution < -0.4 is 0 Å². The SMILES string of the molecule is CCCCCC/C(C)=C\I. The van der Waals surface area contributed by atoms with Crippen LogP contribution in [0.2, 0.25) is 0 Å². The van der Waals surface area contributed by atoms with E-state index in [1.807, 2.05) is 0 Å². The van der Waals surface area contributed by atoms with E-state index in [1.54, 1.807) is 0 Å². The molecule has 0 N–H and O–H groups in total. The Kier molecular flexibility index (Phi) is 7.93. The van der Waals surface area contributed by atoms with Crippen molar-refractivity contribution in [1.82, 2.24) is 0 Å².